The average molecular weight is 455 g/mol. The van der Waals surface area contributed by atoms with Gasteiger partial charge >= 0.3 is 0 Å². The molecule has 1 atom stereocenters. The van der Waals surface area contributed by atoms with E-state index >= 15 is 0 Å². The normalized spacial score (nSPS) is 20.1. The van der Waals surface area contributed by atoms with Gasteiger partial charge in [-0.1, -0.05) is 67.6 Å². The van der Waals surface area contributed by atoms with Crippen LogP contribution in [0.3, 0.4) is 0 Å². The number of benzene rings is 3. The third-order valence-corrected chi connectivity index (χ3v) is 7.46. The fourth-order valence-corrected chi connectivity index (χ4v) is 5.49. The number of para-hydroxylation sites is 2. The molecule has 0 unspecified atom stereocenters. The summed E-state index contributed by atoms with van der Waals surface area (Å²) in [5.74, 6) is -0.0317. The van der Waals surface area contributed by atoms with Gasteiger partial charge in [-0.05, 0) is 60.0 Å². The number of anilines is 2. The van der Waals surface area contributed by atoms with Gasteiger partial charge in [0.2, 0.25) is 4.99 Å². The van der Waals surface area contributed by atoms with Crippen molar-refractivity contribution in [2.75, 3.05) is 10.0 Å². The second-order valence-electron chi connectivity index (χ2n) is 8.20. The summed E-state index contributed by atoms with van der Waals surface area (Å²) in [5, 5.41) is 14.5. The summed E-state index contributed by atoms with van der Waals surface area (Å²) in [5.41, 5.74) is 5.39. The quantitative estimate of drug-likeness (QED) is 0.470. The van der Waals surface area contributed by atoms with Crippen molar-refractivity contribution in [1.82, 2.24) is 0 Å². The second kappa shape index (κ2) is 8.87. The van der Waals surface area contributed by atoms with Gasteiger partial charge in [0.1, 0.15) is 0 Å². The lowest BCUT2D eigenvalue weighted by molar-refractivity contribution is -0.110. The Kier molecular flexibility index (Phi) is 5.77. The van der Waals surface area contributed by atoms with Gasteiger partial charge in [-0.3, -0.25) is 4.79 Å². The Morgan fingerprint density at radius 3 is 2.00 bits per heavy atom. The molecule has 2 heterocycles. The molecule has 0 aliphatic carbocycles. The van der Waals surface area contributed by atoms with Crippen molar-refractivity contribution < 1.29 is 4.79 Å². The van der Waals surface area contributed by atoms with Crippen molar-refractivity contribution in [1.29, 1.82) is 0 Å². The zero-order valence-electron chi connectivity index (χ0n) is 18.8. The van der Waals surface area contributed by atoms with Crippen LogP contribution in [0, 0.1) is 0 Å². The molecule has 5 nitrogen and oxygen atoms in total. The molecule has 6 heteroatoms. The molecule has 0 bridgehead atoms. The van der Waals surface area contributed by atoms with Crippen LogP contribution < -0.4 is 10.0 Å². The minimum absolute atomic E-state index is 0.0317. The first-order valence-electron chi connectivity index (χ1n) is 11.3. The second-order valence-corrected chi connectivity index (χ2v) is 9.44. The third kappa shape index (κ3) is 3.95. The summed E-state index contributed by atoms with van der Waals surface area (Å²) in [6, 6.07) is 28.9. The summed E-state index contributed by atoms with van der Waals surface area (Å²) in [6.45, 7) is 3.74. The first-order chi connectivity index (χ1) is 16.1. The Morgan fingerprint density at radius 2 is 1.45 bits per heavy atom. The number of nitrogens with zero attached hydrogens (tertiary/aromatic N) is 4. The molecular weight excluding hydrogens is 428 g/mol. The van der Waals surface area contributed by atoms with Crippen molar-refractivity contribution in [2.45, 2.75) is 38.1 Å². The van der Waals surface area contributed by atoms with Gasteiger partial charge in [0, 0.05) is 13.3 Å². The zero-order valence-corrected chi connectivity index (χ0v) is 19.6. The van der Waals surface area contributed by atoms with E-state index < -0.39 is 4.99 Å². The lowest BCUT2D eigenvalue weighted by Gasteiger charge is -2.46. The van der Waals surface area contributed by atoms with E-state index in [9.17, 15) is 4.79 Å². The topological polar surface area (TPSA) is 48.3 Å². The Hall–Kier alpha value is -3.38. The summed E-state index contributed by atoms with van der Waals surface area (Å²) in [6.07, 6.45) is 2.56. The molecule has 5 rings (SSSR count). The molecule has 166 valence electrons. The zero-order chi connectivity index (χ0) is 22.8. The Labute approximate surface area is 198 Å². The van der Waals surface area contributed by atoms with Gasteiger partial charge in [-0.25, -0.2) is 10.0 Å². The Bertz CT molecular complexity index is 1210. The molecule has 0 radical (unpaired) electrons. The molecule has 3 aromatic carbocycles. The summed E-state index contributed by atoms with van der Waals surface area (Å²) >= 11 is 1.50. The highest BCUT2D eigenvalue weighted by Crippen LogP contribution is 2.50. The maximum atomic E-state index is 12.4. The van der Waals surface area contributed by atoms with E-state index in [2.05, 4.69) is 48.3 Å². The van der Waals surface area contributed by atoms with E-state index in [4.69, 9.17) is 10.2 Å². The number of thioether (sulfide) groups is 1. The number of aryl methyl sites for hydroxylation is 1. The minimum atomic E-state index is -0.656. The highest BCUT2D eigenvalue weighted by Gasteiger charge is 2.52. The monoisotopic (exact) mass is 454 g/mol. The molecule has 2 aliphatic rings. The van der Waals surface area contributed by atoms with Crippen LogP contribution in [0.15, 0.2) is 95.1 Å². The number of hydrazone groups is 2. The van der Waals surface area contributed by atoms with Crippen molar-refractivity contribution in [3.8, 4) is 0 Å². The third-order valence-electron chi connectivity index (χ3n) is 6.02. The molecule has 1 spiro atoms. The fourth-order valence-electron chi connectivity index (χ4n) is 4.25. The maximum Gasteiger partial charge on any atom is 0.208 e. The number of Topliss-reactive ketones (excluding diaryl/α,β-unsaturated/α-hetero) is 1. The molecule has 3 aromatic rings. The predicted octanol–water partition coefficient (Wildman–Crippen LogP) is 6.06. The number of carbonyl (C=O) groups is 1. The van der Waals surface area contributed by atoms with Gasteiger partial charge in [0.15, 0.2) is 10.8 Å². The molecule has 0 saturated carbocycles. The van der Waals surface area contributed by atoms with Crippen LogP contribution >= 0.6 is 11.8 Å². The van der Waals surface area contributed by atoms with Crippen LogP contribution in [0.5, 0.6) is 0 Å². The lowest BCUT2D eigenvalue weighted by Crippen LogP contribution is -2.56. The van der Waals surface area contributed by atoms with Gasteiger partial charge in [0.05, 0.1) is 17.1 Å². The summed E-state index contributed by atoms with van der Waals surface area (Å²) in [7, 11) is 0. The smallest absolute Gasteiger partial charge is 0.208 e. The molecule has 0 aromatic heterocycles. The predicted molar refractivity (Wildman–Crippen MR) is 138 cm³/mol. The van der Waals surface area contributed by atoms with Gasteiger partial charge in [-0.15, -0.1) is 0 Å². The summed E-state index contributed by atoms with van der Waals surface area (Å²) in [4.78, 5) is 11.7. The maximum absolute atomic E-state index is 12.4. The average Bonchev–Trinajstić information content (AvgIpc) is 3.25. The number of rotatable bonds is 5. The largest absolute Gasteiger partial charge is 0.292 e. The summed E-state index contributed by atoms with van der Waals surface area (Å²) < 4.78 is 0. The molecule has 2 aliphatic heterocycles. The Morgan fingerprint density at radius 1 is 0.879 bits per heavy atom. The van der Waals surface area contributed by atoms with Crippen LogP contribution in [0.25, 0.3) is 0 Å². The van der Waals surface area contributed by atoms with Crippen molar-refractivity contribution >= 4 is 39.7 Å². The molecule has 0 saturated heterocycles. The molecule has 0 fully saturated rings. The highest BCUT2D eigenvalue weighted by atomic mass is 32.2. The number of ketones is 1. The van der Waals surface area contributed by atoms with Crippen LogP contribution in [0.1, 0.15) is 37.8 Å². The van der Waals surface area contributed by atoms with E-state index in [1.807, 2.05) is 53.5 Å². The van der Waals surface area contributed by atoms with Gasteiger partial charge < -0.3 is 0 Å². The first-order valence-corrected chi connectivity index (χ1v) is 12.1. The number of hydrogen-bond donors (Lipinski definition) is 0. The SMILES string of the molecule is CCc1ccc(C2=NN(c3ccccc3)[C@@]3(CC2)SC(C(C)=O)=NN3c2ccccc2)cc1. The lowest BCUT2D eigenvalue weighted by atomic mass is 10.0. The van der Waals surface area contributed by atoms with Crippen LogP contribution in [0.4, 0.5) is 11.4 Å². The molecule has 0 amide bonds. The number of hydrogen-bond acceptors (Lipinski definition) is 6. The van der Waals surface area contributed by atoms with Crippen molar-refractivity contribution in [3.63, 3.8) is 0 Å². The van der Waals surface area contributed by atoms with E-state index in [0.29, 0.717) is 5.04 Å². The minimum Gasteiger partial charge on any atom is -0.292 e. The number of carbonyl (C=O) groups excluding carboxylic acids is 1. The van der Waals surface area contributed by atoms with E-state index in [-0.39, 0.29) is 5.78 Å². The van der Waals surface area contributed by atoms with Gasteiger partial charge in [-0.2, -0.15) is 10.2 Å². The van der Waals surface area contributed by atoms with Crippen molar-refractivity contribution in [2.24, 2.45) is 10.2 Å². The van der Waals surface area contributed by atoms with Gasteiger partial charge in [0.25, 0.3) is 0 Å². The molecule has 0 N–H and O–H groups in total. The fraction of sp³-hybridized carbons (Fsp3) is 0.222. The van der Waals surface area contributed by atoms with Crippen molar-refractivity contribution in [3.05, 3.63) is 96.1 Å². The first kappa shape index (κ1) is 21.5. The van der Waals surface area contributed by atoms with E-state index in [0.717, 1.165) is 41.9 Å². The molecular formula is C27H26N4OS. The van der Waals surface area contributed by atoms with Crippen LogP contribution in [-0.4, -0.2) is 21.5 Å². The standard InChI is InChI=1S/C27H26N4OS/c1-3-21-14-16-22(17-15-21)25-18-19-27(30(28-25)23-10-6-4-7-11-23)31(24-12-8-5-9-13-24)29-26(33-27)20(2)32/h4-17H,3,18-19H2,1-2H3/t27-/m1/s1. The Balaban J connectivity index is 1.64. The van der Waals surface area contributed by atoms with E-state index in [1.54, 1.807) is 6.92 Å². The van der Waals surface area contributed by atoms with E-state index in [1.165, 1.54) is 17.3 Å². The van der Waals surface area contributed by atoms with Crippen LogP contribution in [0.2, 0.25) is 0 Å². The molecule has 33 heavy (non-hydrogen) atoms. The highest BCUT2D eigenvalue weighted by molar-refractivity contribution is 8.17. The van der Waals surface area contributed by atoms with Crippen LogP contribution in [-0.2, 0) is 11.2 Å².